The molecule has 19 heavy (non-hydrogen) atoms. The summed E-state index contributed by atoms with van der Waals surface area (Å²) in [7, 11) is 3.21. The van der Waals surface area contributed by atoms with E-state index >= 15 is 0 Å². The molecule has 0 bridgehead atoms. The van der Waals surface area contributed by atoms with Crippen molar-refractivity contribution in [1.82, 2.24) is 0 Å². The average Bonchev–Trinajstić information content (AvgIpc) is 2.42. The van der Waals surface area contributed by atoms with Gasteiger partial charge in [0.05, 0.1) is 5.92 Å². The van der Waals surface area contributed by atoms with Gasteiger partial charge in [0.25, 0.3) is 0 Å². The van der Waals surface area contributed by atoms with E-state index in [2.05, 4.69) is 15.9 Å². The number of ketones is 1. The lowest BCUT2D eigenvalue weighted by Gasteiger charge is -2.32. The van der Waals surface area contributed by atoms with Gasteiger partial charge in [0, 0.05) is 24.6 Å². The average molecular weight is 325 g/mol. The van der Waals surface area contributed by atoms with Gasteiger partial charge in [0.1, 0.15) is 0 Å². The van der Waals surface area contributed by atoms with Crippen LogP contribution in [0.2, 0.25) is 0 Å². The largest absolute Gasteiger partial charge is 0.356 e. The Balaban J connectivity index is 2.40. The van der Waals surface area contributed by atoms with Gasteiger partial charge >= 0.3 is 0 Å². The smallest absolute Gasteiger partial charge is 0.163 e. The maximum Gasteiger partial charge on any atom is 0.163 e. The van der Waals surface area contributed by atoms with Crippen molar-refractivity contribution in [3.05, 3.63) is 46.5 Å². The molecule has 0 saturated carbocycles. The van der Waals surface area contributed by atoms with Gasteiger partial charge in [0.15, 0.2) is 12.1 Å². The van der Waals surface area contributed by atoms with Gasteiger partial charge < -0.3 is 9.47 Å². The number of allylic oxidation sites excluding steroid dienone is 2. The molecule has 0 radical (unpaired) electrons. The van der Waals surface area contributed by atoms with Crippen LogP contribution in [-0.4, -0.2) is 26.3 Å². The first kappa shape index (κ1) is 14.4. The van der Waals surface area contributed by atoms with Crippen LogP contribution in [-0.2, 0) is 14.3 Å². The Labute approximate surface area is 121 Å². The molecule has 0 aliphatic heterocycles. The highest BCUT2D eigenvalue weighted by Crippen LogP contribution is 2.38. The van der Waals surface area contributed by atoms with E-state index in [9.17, 15) is 4.79 Å². The maximum absolute atomic E-state index is 12.3. The summed E-state index contributed by atoms with van der Waals surface area (Å²) in [6, 6.07) is 7.81. The third-order valence-electron chi connectivity index (χ3n) is 3.48. The Morgan fingerprint density at radius 2 is 1.95 bits per heavy atom. The molecule has 0 aromatic heterocycles. The molecule has 0 amide bonds. The minimum atomic E-state index is -0.383. The van der Waals surface area contributed by atoms with Crippen LogP contribution in [0.4, 0.5) is 0 Å². The molecule has 1 aromatic rings. The molecule has 1 aliphatic rings. The van der Waals surface area contributed by atoms with Crippen LogP contribution < -0.4 is 0 Å². The van der Waals surface area contributed by atoms with E-state index in [0.29, 0.717) is 0 Å². The quantitative estimate of drug-likeness (QED) is 0.797. The first-order valence-electron chi connectivity index (χ1n) is 6.19. The predicted molar refractivity (Wildman–Crippen MR) is 76.9 cm³/mol. The Bertz CT molecular complexity index is 480. The molecule has 0 saturated heterocycles. The third-order valence-corrected chi connectivity index (χ3v) is 4.20. The van der Waals surface area contributed by atoms with Crippen molar-refractivity contribution in [2.75, 3.05) is 14.2 Å². The van der Waals surface area contributed by atoms with Crippen LogP contribution in [0.25, 0.3) is 0 Å². The standard InChI is InChI=1S/C15H17BrO3/c1-18-15(19-2)11-7-5-9-13(17)14(11)10-6-3-4-8-12(10)16/h3-6,8-9,11,14-15H,7H2,1-2H3/t11-,14-/m1/s1. The molecule has 1 aliphatic carbocycles. The predicted octanol–water partition coefficient (Wildman–Crippen LogP) is 3.30. The van der Waals surface area contributed by atoms with E-state index < -0.39 is 0 Å². The van der Waals surface area contributed by atoms with E-state index in [1.54, 1.807) is 20.3 Å². The minimum Gasteiger partial charge on any atom is -0.356 e. The zero-order chi connectivity index (χ0) is 13.8. The number of carbonyl (C=O) groups excluding carboxylic acids is 1. The first-order valence-corrected chi connectivity index (χ1v) is 6.98. The topological polar surface area (TPSA) is 35.5 Å². The van der Waals surface area contributed by atoms with E-state index in [-0.39, 0.29) is 23.9 Å². The van der Waals surface area contributed by atoms with Crippen LogP contribution in [0, 0.1) is 5.92 Å². The minimum absolute atomic E-state index is 0.00815. The Morgan fingerprint density at radius 1 is 1.26 bits per heavy atom. The number of halogens is 1. The van der Waals surface area contributed by atoms with Crippen molar-refractivity contribution in [3.8, 4) is 0 Å². The number of benzene rings is 1. The second-order valence-corrected chi connectivity index (χ2v) is 5.40. The summed E-state index contributed by atoms with van der Waals surface area (Å²) in [5.74, 6) is -0.140. The molecular weight excluding hydrogens is 308 g/mol. The van der Waals surface area contributed by atoms with Gasteiger partial charge in [-0.25, -0.2) is 0 Å². The molecule has 1 aromatic carbocycles. The normalized spacial score (nSPS) is 23.1. The lowest BCUT2D eigenvalue weighted by Crippen LogP contribution is -2.35. The molecule has 2 rings (SSSR count). The van der Waals surface area contributed by atoms with Crippen LogP contribution >= 0.6 is 15.9 Å². The summed E-state index contributed by atoms with van der Waals surface area (Å²) >= 11 is 3.52. The van der Waals surface area contributed by atoms with E-state index in [4.69, 9.17) is 9.47 Å². The Hall–Kier alpha value is -0.970. The zero-order valence-corrected chi connectivity index (χ0v) is 12.6. The lowest BCUT2D eigenvalue weighted by atomic mass is 9.77. The van der Waals surface area contributed by atoms with Crippen LogP contribution in [0.15, 0.2) is 40.9 Å². The molecule has 0 fully saturated rings. The summed E-state index contributed by atoms with van der Waals surface area (Å²) in [6.07, 6.45) is 3.93. The van der Waals surface area contributed by atoms with E-state index in [0.717, 1.165) is 16.5 Å². The van der Waals surface area contributed by atoms with Crippen molar-refractivity contribution >= 4 is 21.7 Å². The lowest BCUT2D eigenvalue weighted by molar-refractivity contribution is -0.149. The molecule has 102 valence electrons. The summed E-state index contributed by atoms with van der Waals surface area (Å²) < 4.78 is 11.7. The number of carbonyl (C=O) groups is 1. The molecule has 0 N–H and O–H groups in total. The van der Waals surface area contributed by atoms with Gasteiger partial charge in [-0.3, -0.25) is 4.79 Å². The number of ether oxygens (including phenoxy) is 2. The summed E-state index contributed by atoms with van der Waals surface area (Å²) in [6.45, 7) is 0. The maximum atomic E-state index is 12.3. The number of methoxy groups -OCH3 is 2. The molecule has 4 heteroatoms. The highest BCUT2D eigenvalue weighted by Gasteiger charge is 2.37. The second kappa shape index (κ2) is 6.46. The Morgan fingerprint density at radius 3 is 2.58 bits per heavy atom. The van der Waals surface area contributed by atoms with Gasteiger partial charge in [-0.2, -0.15) is 0 Å². The monoisotopic (exact) mass is 324 g/mol. The molecule has 0 heterocycles. The van der Waals surface area contributed by atoms with Crippen molar-refractivity contribution in [2.45, 2.75) is 18.6 Å². The van der Waals surface area contributed by atoms with Crippen molar-refractivity contribution in [3.63, 3.8) is 0 Å². The molecule has 0 unspecified atom stereocenters. The van der Waals surface area contributed by atoms with Crippen molar-refractivity contribution < 1.29 is 14.3 Å². The fourth-order valence-corrected chi connectivity index (χ4v) is 3.15. The van der Waals surface area contributed by atoms with Gasteiger partial charge in [-0.15, -0.1) is 0 Å². The molecule has 3 nitrogen and oxygen atoms in total. The van der Waals surface area contributed by atoms with Crippen LogP contribution in [0.3, 0.4) is 0 Å². The molecular formula is C15H17BrO3. The van der Waals surface area contributed by atoms with Gasteiger partial charge in [0.2, 0.25) is 0 Å². The zero-order valence-electron chi connectivity index (χ0n) is 11.0. The van der Waals surface area contributed by atoms with Gasteiger partial charge in [-0.05, 0) is 24.1 Å². The fraction of sp³-hybridized carbons (Fsp3) is 0.400. The van der Waals surface area contributed by atoms with Crippen molar-refractivity contribution in [2.24, 2.45) is 5.92 Å². The van der Waals surface area contributed by atoms with E-state index in [1.165, 1.54) is 0 Å². The van der Waals surface area contributed by atoms with E-state index in [1.807, 2.05) is 30.3 Å². The summed E-state index contributed by atoms with van der Waals surface area (Å²) in [5.41, 5.74) is 0.987. The molecule has 0 spiro atoms. The SMILES string of the molecule is COC(OC)[C@@H]1CC=CC(=O)[C@@H]1c1ccccc1Br. The highest BCUT2D eigenvalue weighted by atomic mass is 79.9. The second-order valence-electron chi connectivity index (χ2n) is 4.54. The van der Waals surface area contributed by atoms with Crippen LogP contribution in [0.1, 0.15) is 17.9 Å². The summed E-state index contributed by atoms with van der Waals surface area (Å²) in [4.78, 5) is 12.3. The fourth-order valence-electron chi connectivity index (χ4n) is 2.62. The van der Waals surface area contributed by atoms with Gasteiger partial charge in [-0.1, -0.05) is 40.2 Å². The number of hydrogen-bond acceptors (Lipinski definition) is 3. The molecule has 2 atom stereocenters. The Kier molecular flexibility index (Phi) is 4.91. The number of hydrogen-bond donors (Lipinski definition) is 0. The number of rotatable bonds is 4. The third kappa shape index (κ3) is 2.96. The summed E-state index contributed by atoms with van der Waals surface area (Å²) in [5, 5.41) is 0. The van der Waals surface area contributed by atoms with Crippen molar-refractivity contribution in [1.29, 1.82) is 0 Å². The van der Waals surface area contributed by atoms with Crippen LogP contribution in [0.5, 0.6) is 0 Å². The first-order chi connectivity index (χ1) is 9.19. The highest BCUT2D eigenvalue weighted by molar-refractivity contribution is 9.10.